The predicted molar refractivity (Wildman–Crippen MR) is 69.7 cm³/mol. The summed E-state index contributed by atoms with van der Waals surface area (Å²) < 4.78 is 20.1. The molecule has 5 nitrogen and oxygen atoms in total. The number of imidazole rings is 1. The fourth-order valence-electron chi connectivity index (χ4n) is 1.92. The van der Waals surface area contributed by atoms with Gasteiger partial charge >= 0.3 is 6.09 Å². The van der Waals surface area contributed by atoms with Crippen LogP contribution in [0.4, 0.5) is 9.18 Å². The van der Waals surface area contributed by atoms with Gasteiger partial charge < -0.3 is 15.0 Å². The number of hydrogen-bond acceptors (Lipinski definition) is 3. The molecule has 0 aliphatic rings. The van der Waals surface area contributed by atoms with E-state index < -0.39 is 6.09 Å². The quantitative estimate of drug-likeness (QED) is 0.855. The standard InChI is InChI=1S/C12H13ClFN3O2/c13-5-4-10-16-11-8(14)2-1-3-9(11)17(10)6-7-19-12(15)18/h1-3H,4-7H2,(H2,15,18). The van der Waals surface area contributed by atoms with E-state index in [1.54, 1.807) is 16.7 Å². The molecule has 7 heteroatoms. The highest BCUT2D eigenvalue weighted by molar-refractivity contribution is 6.17. The first-order chi connectivity index (χ1) is 9.13. The van der Waals surface area contributed by atoms with Crippen LogP contribution in [-0.2, 0) is 17.7 Å². The van der Waals surface area contributed by atoms with Crippen LogP contribution in [0.2, 0.25) is 0 Å². The van der Waals surface area contributed by atoms with E-state index in [9.17, 15) is 9.18 Å². The van der Waals surface area contributed by atoms with Gasteiger partial charge in [-0.3, -0.25) is 0 Å². The van der Waals surface area contributed by atoms with Crippen LogP contribution in [0.1, 0.15) is 5.82 Å². The van der Waals surface area contributed by atoms with Gasteiger partial charge in [-0.25, -0.2) is 14.2 Å². The first kappa shape index (κ1) is 13.6. The van der Waals surface area contributed by atoms with Crippen LogP contribution in [0.25, 0.3) is 11.0 Å². The monoisotopic (exact) mass is 285 g/mol. The number of carbonyl (C=O) groups is 1. The number of primary amides is 1. The molecule has 0 unspecified atom stereocenters. The smallest absolute Gasteiger partial charge is 0.404 e. The van der Waals surface area contributed by atoms with Gasteiger partial charge in [0, 0.05) is 12.3 Å². The number of ether oxygens (including phenoxy) is 1. The minimum Gasteiger partial charge on any atom is -0.448 e. The van der Waals surface area contributed by atoms with Crippen molar-refractivity contribution in [2.24, 2.45) is 5.73 Å². The Morgan fingerprint density at radius 2 is 2.32 bits per heavy atom. The lowest BCUT2D eigenvalue weighted by molar-refractivity contribution is 0.152. The van der Waals surface area contributed by atoms with Crippen molar-refractivity contribution < 1.29 is 13.9 Å². The number of hydrogen-bond donors (Lipinski definition) is 1. The molecule has 0 fully saturated rings. The highest BCUT2D eigenvalue weighted by atomic mass is 35.5. The van der Waals surface area contributed by atoms with Gasteiger partial charge in [-0.2, -0.15) is 0 Å². The third-order valence-corrected chi connectivity index (χ3v) is 2.88. The van der Waals surface area contributed by atoms with Gasteiger partial charge in [0.05, 0.1) is 12.1 Å². The summed E-state index contributed by atoms with van der Waals surface area (Å²) in [6.45, 7) is 0.460. The lowest BCUT2D eigenvalue weighted by Gasteiger charge is -2.08. The molecule has 1 aromatic heterocycles. The summed E-state index contributed by atoms with van der Waals surface area (Å²) in [5, 5.41) is 0. The van der Waals surface area contributed by atoms with Gasteiger partial charge in [0.15, 0.2) is 5.82 Å². The average Bonchev–Trinajstić information content (AvgIpc) is 2.70. The third kappa shape index (κ3) is 2.96. The van der Waals surface area contributed by atoms with Crippen LogP contribution in [0.5, 0.6) is 0 Å². The van der Waals surface area contributed by atoms with Crippen LogP contribution in [0.3, 0.4) is 0 Å². The molecule has 2 rings (SSSR count). The Balaban J connectivity index is 2.35. The summed E-state index contributed by atoms with van der Waals surface area (Å²) in [7, 11) is 0. The van der Waals surface area contributed by atoms with Gasteiger partial charge in [0.2, 0.25) is 0 Å². The van der Waals surface area contributed by atoms with Crippen LogP contribution in [-0.4, -0.2) is 28.1 Å². The first-order valence-corrected chi connectivity index (χ1v) is 6.28. The van der Waals surface area contributed by atoms with E-state index in [1.807, 2.05) is 0 Å². The summed E-state index contributed by atoms with van der Waals surface area (Å²) in [5.41, 5.74) is 5.84. The summed E-state index contributed by atoms with van der Waals surface area (Å²) in [5.74, 6) is 0.646. The van der Waals surface area contributed by atoms with Crippen LogP contribution >= 0.6 is 11.6 Å². The zero-order valence-corrected chi connectivity index (χ0v) is 10.9. The fraction of sp³-hybridized carbons (Fsp3) is 0.333. The second kappa shape index (κ2) is 5.88. The Morgan fingerprint density at radius 3 is 3.00 bits per heavy atom. The lowest BCUT2D eigenvalue weighted by atomic mass is 10.3. The van der Waals surface area contributed by atoms with Crippen molar-refractivity contribution in [2.45, 2.75) is 13.0 Å². The molecule has 0 aliphatic heterocycles. The van der Waals surface area contributed by atoms with E-state index in [4.69, 9.17) is 22.1 Å². The maximum Gasteiger partial charge on any atom is 0.404 e. The van der Waals surface area contributed by atoms with Crippen molar-refractivity contribution in [3.05, 3.63) is 29.8 Å². The third-order valence-electron chi connectivity index (χ3n) is 2.69. The Labute approximate surface area is 114 Å². The largest absolute Gasteiger partial charge is 0.448 e. The van der Waals surface area contributed by atoms with E-state index in [1.165, 1.54) is 6.07 Å². The van der Waals surface area contributed by atoms with E-state index in [-0.39, 0.29) is 12.4 Å². The van der Waals surface area contributed by atoms with E-state index >= 15 is 0 Å². The lowest BCUT2D eigenvalue weighted by Crippen LogP contribution is -2.17. The number of amides is 1. The highest BCUT2D eigenvalue weighted by Crippen LogP contribution is 2.19. The van der Waals surface area contributed by atoms with Gasteiger partial charge in [-0.05, 0) is 12.1 Å². The molecule has 0 saturated heterocycles. The molecule has 0 atom stereocenters. The molecule has 19 heavy (non-hydrogen) atoms. The molecule has 1 amide bonds. The number of nitrogens with two attached hydrogens (primary N) is 1. The summed E-state index contributed by atoms with van der Waals surface area (Å²) >= 11 is 5.71. The fourth-order valence-corrected chi connectivity index (χ4v) is 2.09. The number of para-hydroxylation sites is 1. The number of carbonyl (C=O) groups excluding carboxylic acids is 1. The number of alkyl halides is 1. The zero-order valence-electron chi connectivity index (χ0n) is 10.1. The molecule has 0 spiro atoms. The Bertz CT molecular complexity index is 600. The highest BCUT2D eigenvalue weighted by Gasteiger charge is 2.13. The SMILES string of the molecule is NC(=O)OCCn1c(CCCl)nc2c(F)cccc21. The predicted octanol–water partition coefficient (Wildman–Crippen LogP) is 2.05. The molecule has 102 valence electrons. The normalized spacial score (nSPS) is 10.8. The molecule has 2 aromatic rings. The number of benzene rings is 1. The second-order valence-corrected chi connectivity index (χ2v) is 4.27. The Kier molecular flexibility index (Phi) is 4.21. The number of aromatic nitrogens is 2. The van der Waals surface area contributed by atoms with Crippen molar-refractivity contribution in [3.8, 4) is 0 Å². The van der Waals surface area contributed by atoms with E-state index in [0.29, 0.717) is 35.7 Å². The van der Waals surface area contributed by atoms with Gasteiger partial charge in [0.1, 0.15) is 17.9 Å². The van der Waals surface area contributed by atoms with E-state index in [2.05, 4.69) is 4.98 Å². The summed E-state index contributed by atoms with van der Waals surface area (Å²) in [6.07, 6.45) is -0.332. The van der Waals surface area contributed by atoms with Gasteiger partial charge in [0.25, 0.3) is 0 Å². The Hall–Kier alpha value is -1.82. The average molecular weight is 286 g/mol. The minimum atomic E-state index is -0.838. The van der Waals surface area contributed by atoms with Crippen molar-refractivity contribution >= 4 is 28.7 Å². The second-order valence-electron chi connectivity index (χ2n) is 3.89. The molecule has 1 heterocycles. The minimum absolute atomic E-state index is 0.104. The molecule has 0 aliphatic carbocycles. The maximum atomic E-state index is 13.7. The van der Waals surface area contributed by atoms with Crippen molar-refractivity contribution in [1.82, 2.24) is 9.55 Å². The first-order valence-electron chi connectivity index (χ1n) is 5.75. The molecular formula is C12H13ClFN3O2. The van der Waals surface area contributed by atoms with Crippen molar-refractivity contribution in [3.63, 3.8) is 0 Å². The number of rotatable bonds is 5. The van der Waals surface area contributed by atoms with Crippen LogP contribution in [0.15, 0.2) is 18.2 Å². The number of fused-ring (bicyclic) bond motifs is 1. The van der Waals surface area contributed by atoms with Crippen molar-refractivity contribution in [2.75, 3.05) is 12.5 Å². The summed E-state index contributed by atoms with van der Waals surface area (Å²) in [6, 6.07) is 4.72. The molecular weight excluding hydrogens is 273 g/mol. The van der Waals surface area contributed by atoms with Gasteiger partial charge in [-0.1, -0.05) is 6.07 Å². The molecule has 0 saturated carbocycles. The van der Waals surface area contributed by atoms with Gasteiger partial charge in [-0.15, -0.1) is 11.6 Å². The number of nitrogens with zero attached hydrogens (tertiary/aromatic N) is 2. The molecule has 1 aromatic carbocycles. The maximum absolute atomic E-state index is 13.7. The molecule has 2 N–H and O–H groups in total. The van der Waals surface area contributed by atoms with Crippen LogP contribution < -0.4 is 5.73 Å². The number of halogens is 2. The zero-order chi connectivity index (χ0) is 13.8. The summed E-state index contributed by atoms with van der Waals surface area (Å²) in [4.78, 5) is 14.8. The molecule has 0 bridgehead atoms. The van der Waals surface area contributed by atoms with Crippen molar-refractivity contribution in [1.29, 1.82) is 0 Å². The van der Waals surface area contributed by atoms with Crippen LogP contribution in [0, 0.1) is 5.82 Å². The topological polar surface area (TPSA) is 70.1 Å². The van der Waals surface area contributed by atoms with E-state index in [0.717, 1.165) is 0 Å². The molecule has 0 radical (unpaired) electrons. The Morgan fingerprint density at radius 1 is 1.53 bits per heavy atom. The number of aryl methyl sites for hydroxylation is 1.